The Hall–Kier alpha value is -4.20. The molecule has 0 aliphatic carbocycles. The van der Waals surface area contributed by atoms with E-state index in [1.165, 1.54) is 24.5 Å². The van der Waals surface area contributed by atoms with E-state index in [4.69, 9.17) is 5.73 Å². The molecule has 0 unspecified atom stereocenters. The van der Waals surface area contributed by atoms with E-state index in [-0.39, 0.29) is 17.1 Å². The van der Waals surface area contributed by atoms with Crippen molar-refractivity contribution in [3.05, 3.63) is 84.4 Å². The third kappa shape index (κ3) is 3.95. The van der Waals surface area contributed by atoms with Gasteiger partial charge in [-0.2, -0.15) is 0 Å². The molecular weight excluding hydrogens is 395 g/mol. The van der Waals surface area contributed by atoms with Gasteiger partial charge in [0, 0.05) is 11.9 Å². The molecule has 0 aliphatic heterocycles. The number of hydrazine groups is 1. The molecule has 8 heteroatoms. The van der Waals surface area contributed by atoms with Crippen LogP contribution >= 0.6 is 0 Å². The molecule has 0 atom stereocenters. The molecular formula is C23H21FN6O. The number of halogens is 1. The Morgan fingerprint density at radius 1 is 1.03 bits per heavy atom. The lowest BCUT2D eigenvalue weighted by Crippen LogP contribution is -2.31. The van der Waals surface area contributed by atoms with Crippen molar-refractivity contribution in [1.29, 1.82) is 0 Å². The molecule has 4 N–H and O–H groups in total. The molecule has 31 heavy (non-hydrogen) atoms. The average molecular weight is 416 g/mol. The number of fused-ring (bicyclic) bond motifs is 1. The van der Waals surface area contributed by atoms with Gasteiger partial charge in [0.25, 0.3) is 5.91 Å². The van der Waals surface area contributed by atoms with Gasteiger partial charge in [0.15, 0.2) is 11.6 Å². The molecule has 4 aromatic rings. The quantitative estimate of drug-likeness (QED) is 0.406. The summed E-state index contributed by atoms with van der Waals surface area (Å²) in [7, 11) is 0. The largest absolute Gasteiger partial charge is 0.393 e. The number of nitrogens with two attached hydrogens (primary N) is 1. The van der Waals surface area contributed by atoms with Gasteiger partial charge in [-0.15, -0.1) is 0 Å². The number of aromatic nitrogens is 2. The Morgan fingerprint density at radius 3 is 2.58 bits per heavy atom. The predicted molar refractivity (Wildman–Crippen MR) is 121 cm³/mol. The fourth-order valence-corrected chi connectivity index (χ4v) is 3.41. The summed E-state index contributed by atoms with van der Waals surface area (Å²) >= 11 is 0. The van der Waals surface area contributed by atoms with Crippen LogP contribution in [0, 0.1) is 5.82 Å². The molecule has 1 aromatic heterocycles. The summed E-state index contributed by atoms with van der Waals surface area (Å²) in [4.78, 5) is 22.7. The highest BCUT2D eigenvalue weighted by Crippen LogP contribution is 2.35. The van der Waals surface area contributed by atoms with Crippen LogP contribution in [0.3, 0.4) is 0 Å². The fourth-order valence-electron chi connectivity index (χ4n) is 3.41. The topological polar surface area (TPSA) is 96.2 Å². The first kappa shape index (κ1) is 20.1. The average Bonchev–Trinajstić information content (AvgIpc) is 2.80. The Kier molecular flexibility index (Phi) is 5.61. The third-order valence-electron chi connectivity index (χ3n) is 4.91. The van der Waals surface area contributed by atoms with Crippen molar-refractivity contribution in [2.45, 2.75) is 6.92 Å². The normalized spacial score (nSPS) is 10.6. The van der Waals surface area contributed by atoms with Crippen LogP contribution in [0.15, 0.2) is 73.1 Å². The van der Waals surface area contributed by atoms with Crippen molar-refractivity contribution in [2.24, 2.45) is 0 Å². The van der Waals surface area contributed by atoms with Gasteiger partial charge in [-0.05, 0) is 30.5 Å². The van der Waals surface area contributed by atoms with E-state index >= 15 is 0 Å². The van der Waals surface area contributed by atoms with Crippen molar-refractivity contribution in [1.82, 2.24) is 15.4 Å². The summed E-state index contributed by atoms with van der Waals surface area (Å²) in [6.07, 6.45) is 1.36. The van der Waals surface area contributed by atoms with E-state index < -0.39 is 11.7 Å². The highest BCUT2D eigenvalue weighted by atomic mass is 19.1. The standard InChI is InChI=1S/C23H21FN6O/c1-2-30(19-13-7-9-15-8-3-4-10-16(15)19)22-20(25)21(26-14-27-22)28-29-23(31)17-11-5-6-12-18(17)24/h3-14H,2,25H2,1H3,(H,29,31)(H,26,27,28). The van der Waals surface area contributed by atoms with Crippen molar-refractivity contribution >= 4 is 39.7 Å². The minimum absolute atomic E-state index is 0.0891. The van der Waals surface area contributed by atoms with Gasteiger partial charge >= 0.3 is 0 Å². The van der Waals surface area contributed by atoms with Gasteiger partial charge in [-0.3, -0.25) is 15.6 Å². The van der Waals surface area contributed by atoms with Crippen LogP contribution in [-0.2, 0) is 0 Å². The first-order valence-electron chi connectivity index (χ1n) is 9.76. The van der Waals surface area contributed by atoms with E-state index in [0.717, 1.165) is 16.5 Å². The van der Waals surface area contributed by atoms with E-state index in [1.54, 1.807) is 6.07 Å². The minimum Gasteiger partial charge on any atom is -0.393 e. The van der Waals surface area contributed by atoms with Crippen LogP contribution in [0.25, 0.3) is 10.8 Å². The van der Waals surface area contributed by atoms with Gasteiger partial charge in [0.05, 0.1) is 11.3 Å². The summed E-state index contributed by atoms with van der Waals surface area (Å²) in [5, 5.41) is 2.16. The molecule has 0 saturated heterocycles. The van der Waals surface area contributed by atoms with Gasteiger partial charge < -0.3 is 10.6 Å². The maximum Gasteiger partial charge on any atom is 0.272 e. The van der Waals surface area contributed by atoms with Crippen LogP contribution in [0.1, 0.15) is 17.3 Å². The second kappa shape index (κ2) is 8.66. The molecule has 0 aliphatic rings. The molecule has 0 radical (unpaired) electrons. The summed E-state index contributed by atoms with van der Waals surface area (Å²) in [6.45, 7) is 2.60. The van der Waals surface area contributed by atoms with Gasteiger partial charge in [-0.25, -0.2) is 14.4 Å². The van der Waals surface area contributed by atoms with Gasteiger partial charge in [-0.1, -0.05) is 48.5 Å². The van der Waals surface area contributed by atoms with Crippen molar-refractivity contribution in [2.75, 3.05) is 22.6 Å². The SMILES string of the molecule is CCN(c1ncnc(NNC(=O)c2ccccc2F)c1N)c1cccc2ccccc12. The number of hydrogen-bond acceptors (Lipinski definition) is 6. The van der Waals surface area contributed by atoms with Crippen molar-refractivity contribution in [3.8, 4) is 0 Å². The second-order valence-electron chi connectivity index (χ2n) is 6.76. The number of nitrogens with zero attached hydrogens (tertiary/aromatic N) is 3. The zero-order chi connectivity index (χ0) is 21.8. The maximum atomic E-state index is 13.8. The van der Waals surface area contributed by atoms with Crippen LogP contribution in [0.2, 0.25) is 0 Å². The predicted octanol–water partition coefficient (Wildman–Crippen LogP) is 4.27. The lowest BCUT2D eigenvalue weighted by Gasteiger charge is -2.25. The van der Waals surface area contributed by atoms with Crippen LogP contribution in [0.5, 0.6) is 0 Å². The van der Waals surface area contributed by atoms with E-state index in [9.17, 15) is 9.18 Å². The zero-order valence-electron chi connectivity index (χ0n) is 16.8. The maximum absolute atomic E-state index is 13.8. The summed E-state index contributed by atoms with van der Waals surface area (Å²) in [5.41, 5.74) is 12.6. The Labute approximate surface area is 178 Å². The van der Waals surface area contributed by atoms with Gasteiger partial charge in [0.1, 0.15) is 17.8 Å². The Balaban J connectivity index is 1.63. The molecule has 0 saturated carbocycles. The first-order valence-corrected chi connectivity index (χ1v) is 9.76. The lowest BCUT2D eigenvalue weighted by molar-refractivity contribution is 0.0958. The van der Waals surface area contributed by atoms with Crippen LogP contribution in [-0.4, -0.2) is 22.4 Å². The summed E-state index contributed by atoms with van der Waals surface area (Å²) in [6, 6.07) is 19.8. The third-order valence-corrected chi connectivity index (χ3v) is 4.91. The molecule has 0 fully saturated rings. The number of rotatable bonds is 6. The summed E-state index contributed by atoms with van der Waals surface area (Å²) < 4.78 is 13.8. The van der Waals surface area contributed by atoms with Crippen molar-refractivity contribution in [3.63, 3.8) is 0 Å². The first-order chi connectivity index (χ1) is 15.1. The van der Waals surface area contributed by atoms with E-state index in [0.29, 0.717) is 12.4 Å². The number of carbonyl (C=O) groups excluding carboxylic acids is 1. The van der Waals surface area contributed by atoms with Crippen LogP contribution in [0.4, 0.5) is 27.4 Å². The Bertz CT molecular complexity index is 1240. The van der Waals surface area contributed by atoms with Crippen LogP contribution < -0.4 is 21.5 Å². The summed E-state index contributed by atoms with van der Waals surface area (Å²) in [5.74, 6) is -0.546. The number of nitrogens with one attached hydrogen (secondary N) is 2. The number of amides is 1. The number of hydrogen-bond donors (Lipinski definition) is 3. The molecule has 4 rings (SSSR count). The number of nitrogen functional groups attached to an aromatic ring is 1. The fraction of sp³-hybridized carbons (Fsp3) is 0.0870. The molecule has 3 aromatic carbocycles. The molecule has 156 valence electrons. The Morgan fingerprint density at radius 2 is 1.77 bits per heavy atom. The molecule has 0 bridgehead atoms. The molecule has 0 spiro atoms. The second-order valence-corrected chi connectivity index (χ2v) is 6.76. The number of anilines is 4. The monoisotopic (exact) mass is 416 g/mol. The van der Waals surface area contributed by atoms with E-state index in [2.05, 4.69) is 20.8 Å². The molecule has 1 heterocycles. The van der Waals surface area contributed by atoms with E-state index in [1.807, 2.05) is 54.3 Å². The molecule has 1 amide bonds. The highest BCUT2D eigenvalue weighted by Gasteiger charge is 2.18. The molecule has 7 nitrogen and oxygen atoms in total. The van der Waals surface area contributed by atoms with Crippen molar-refractivity contribution < 1.29 is 9.18 Å². The minimum atomic E-state index is -0.640. The lowest BCUT2D eigenvalue weighted by atomic mass is 10.1. The van der Waals surface area contributed by atoms with Gasteiger partial charge in [0.2, 0.25) is 0 Å². The smallest absolute Gasteiger partial charge is 0.272 e. The highest BCUT2D eigenvalue weighted by molar-refractivity contribution is 5.98. The zero-order valence-corrected chi connectivity index (χ0v) is 16.8. The number of benzene rings is 3. The number of carbonyl (C=O) groups is 1.